The highest BCUT2D eigenvalue weighted by Gasteiger charge is 2.35. The van der Waals surface area contributed by atoms with E-state index in [1.807, 2.05) is 34.6 Å². The van der Waals surface area contributed by atoms with Gasteiger partial charge < -0.3 is 19.5 Å². The molecule has 1 aliphatic heterocycles. The third kappa shape index (κ3) is 9.63. The van der Waals surface area contributed by atoms with E-state index in [0.717, 1.165) is 32.4 Å². The van der Waals surface area contributed by atoms with Gasteiger partial charge in [0.25, 0.3) is 0 Å². The molecule has 0 radical (unpaired) electrons. The summed E-state index contributed by atoms with van der Waals surface area (Å²) in [4.78, 5) is 12.0. The van der Waals surface area contributed by atoms with Gasteiger partial charge in [0.05, 0.1) is 19.0 Å². The van der Waals surface area contributed by atoms with Gasteiger partial charge in [-0.15, -0.1) is 0 Å². The van der Waals surface area contributed by atoms with Gasteiger partial charge in [0, 0.05) is 12.1 Å². The Morgan fingerprint density at radius 3 is 2.34 bits per heavy atom. The van der Waals surface area contributed by atoms with Crippen LogP contribution in [0.1, 0.15) is 60.3 Å². The molecule has 0 saturated carbocycles. The van der Waals surface area contributed by atoms with Crippen LogP contribution in [0.3, 0.4) is 0 Å². The second-order valence-electron chi connectivity index (χ2n) is 8.50. The van der Waals surface area contributed by atoms with Crippen LogP contribution in [-0.4, -0.2) is 75.7 Å². The second kappa shape index (κ2) is 12.1. The van der Waals surface area contributed by atoms with Crippen molar-refractivity contribution in [3.05, 3.63) is 0 Å². The molecule has 1 saturated heterocycles. The van der Waals surface area contributed by atoms with Gasteiger partial charge in [-0.3, -0.25) is 0 Å². The molecule has 0 aromatic carbocycles. The molecular weight excluding hydrogens is 396 g/mol. The van der Waals surface area contributed by atoms with Crippen LogP contribution in [0.2, 0.25) is 0 Å². The lowest BCUT2D eigenvalue weighted by atomic mass is 9.99. The van der Waals surface area contributed by atoms with Gasteiger partial charge in [-0.1, -0.05) is 13.8 Å². The third-order valence-electron chi connectivity index (χ3n) is 5.59. The number of nitrogens with zero attached hydrogens (tertiary/aromatic N) is 1. The molecule has 172 valence electrons. The highest BCUT2D eigenvalue weighted by molar-refractivity contribution is 7.88. The molecule has 1 N–H and O–H groups in total. The number of piperidine rings is 1. The van der Waals surface area contributed by atoms with Crippen LogP contribution >= 0.6 is 0 Å². The molecule has 1 rings (SSSR count). The Hall–Kier alpha value is -0.900. The maximum Gasteiger partial charge on any atom is 0.508 e. The molecular formula is C20H40N2O6S. The molecule has 9 heteroatoms. The molecule has 1 fully saturated rings. The van der Waals surface area contributed by atoms with E-state index >= 15 is 0 Å². The largest absolute Gasteiger partial charge is 0.508 e. The summed E-state index contributed by atoms with van der Waals surface area (Å²) in [5.41, 5.74) is -0.569. The summed E-state index contributed by atoms with van der Waals surface area (Å²) in [6.45, 7) is 11.9. The maximum absolute atomic E-state index is 12.4. The lowest BCUT2D eigenvalue weighted by Crippen LogP contribution is -2.51. The van der Waals surface area contributed by atoms with Crippen molar-refractivity contribution in [2.24, 2.45) is 5.92 Å². The van der Waals surface area contributed by atoms with Gasteiger partial charge in [-0.2, -0.15) is 4.31 Å². The summed E-state index contributed by atoms with van der Waals surface area (Å²) in [5.74, 6) is 0.349. The van der Waals surface area contributed by atoms with Gasteiger partial charge in [0.15, 0.2) is 0 Å². The molecule has 0 aromatic heterocycles. The van der Waals surface area contributed by atoms with E-state index in [1.54, 1.807) is 0 Å². The van der Waals surface area contributed by atoms with Gasteiger partial charge in [-0.05, 0) is 65.5 Å². The molecule has 1 aliphatic rings. The summed E-state index contributed by atoms with van der Waals surface area (Å²) in [7, 11) is -3.46. The predicted molar refractivity (Wildman–Crippen MR) is 113 cm³/mol. The number of hydrogen-bond donors (Lipinski definition) is 1. The van der Waals surface area contributed by atoms with E-state index in [9.17, 15) is 13.2 Å². The minimum atomic E-state index is -3.46. The van der Waals surface area contributed by atoms with Crippen molar-refractivity contribution in [3.63, 3.8) is 0 Å². The first-order valence-corrected chi connectivity index (χ1v) is 12.5. The summed E-state index contributed by atoms with van der Waals surface area (Å²) < 4.78 is 42.7. The van der Waals surface area contributed by atoms with Crippen molar-refractivity contribution in [2.45, 2.75) is 78.0 Å². The van der Waals surface area contributed by atoms with E-state index < -0.39 is 27.8 Å². The first-order valence-electron chi connectivity index (χ1n) is 10.6. The fourth-order valence-electron chi connectivity index (χ4n) is 3.19. The number of sulfonamides is 1. The lowest BCUT2D eigenvalue weighted by Gasteiger charge is -2.38. The number of carbonyl (C=O) groups excluding carboxylic acids is 1. The standard InChI is InChI=1S/C20H40N2O6S/c1-7-16(3)28-18(13-22(29(6,24)25)20(4,5)8-2)15-27-19(23)26-14-17-9-11-21-12-10-17/h16-18,21H,7-15H2,1-6H3/t16-,18-/m0/s1. The molecule has 1 heterocycles. The minimum absolute atomic E-state index is 0.0544. The Bertz CT molecular complexity index is 590. The predicted octanol–water partition coefficient (Wildman–Crippen LogP) is 2.77. The van der Waals surface area contributed by atoms with E-state index in [2.05, 4.69) is 5.32 Å². The summed E-state index contributed by atoms with van der Waals surface area (Å²) >= 11 is 0. The van der Waals surface area contributed by atoms with Crippen LogP contribution in [0.5, 0.6) is 0 Å². The topological polar surface area (TPSA) is 94.2 Å². The van der Waals surface area contributed by atoms with Gasteiger partial charge >= 0.3 is 6.16 Å². The van der Waals surface area contributed by atoms with Gasteiger partial charge in [0.1, 0.15) is 12.7 Å². The smallest absolute Gasteiger partial charge is 0.434 e. The Morgan fingerprint density at radius 2 is 1.83 bits per heavy atom. The summed E-state index contributed by atoms with van der Waals surface area (Å²) in [6, 6.07) is 0. The van der Waals surface area contributed by atoms with E-state index in [4.69, 9.17) is 14.2 Å². The zero-order valence-electron chi connectivity index (χ0n) is 18.9. The number of ether oxygens (including phenoxy) is 3. The normalized spacial score (nSPS) is 18.4. The maximum atomic E-state index is 12.4. The Labute approximate surface area is 176 Å². The minimum Gasteiger partial charge on any atom is -0.434 e. The molecule has 0 aromatic rings. The first kappa shape index (κ1) is 26.1. The van der Waals surface area contributed by atoms with Crippen LogP contribution < -0.4 is 5.32 Å². The fourth-order valence-corrected chi connectivity index (χ4v) is 4.65. The zero-order valence-corrected chi connectivity index (χ0v) is 19.7. The number of rotatable bonds is 12. The number of hydrogen-bond acceptors (Lipinski definition) is 7. The van der Waals surface area contributed by atoms with Gasteiger partial charge in [0.2, 0.25) is 10.0 Å². The Balaban J connectivity index is 2.69. The molecule has 2 atom stereocenters. The highest BCUT2D eigenvalue weighted by atomic mass is 32.2. The summed E-state index contributed by atoms with van der Waals surface area (Å²) in [6.07, 6.45) is 3.17. The van der Waals surface area contributed by atoms with Crippen molar-refractivity contribution >= 4 is 16.2 Å². The van der Waals surface area contributed by atoms with Gasteiger partial charge in [-0.25, -0.2) is 13.2 Å². The average molecular weight is 437 g/mol. The Kier molecular flexibility index (Phi) is 10.9. The summed E-state index contributed by atoms with van der Waals surface area (Å²) in [5, 5.41) is 3.27. The molecule has 0 aliphatic carbocycles. The molecule has 0 unspecified atom stereocenters. The third-order valence-corrected chi connectivity index (χ3v) is 7.04. The quantitative estimate of drug-likeness (QED) is 0.470. The first-order chi connectivity index (χ1) is 13.5. The van der Waals surface area contributed by atoms with Crippen LogP contribution in [0.25, 0.3) is 0 Å². The zero-order chi connectivity index (χ0) is 22.1. The van der Waals surface area contributed by atoms with Crippen LogP contribution in [0, 0.1) is 5.92 Å². The monoisotopic (exact) mass is 436 g/mol. The van der Waals surface area contributed by atoms with Crippen LogP contribution in [-0.2, 0) is 24.2 Å². The average Bonchev–Trinajstić information content (AvgIpc) is 2.67. The second-order valence-corrected chi connectivity index (χ2v) is 10.4. The molecule has 0 spiro atoms. The van der Waals surface area contributed by atoms with Crippen molar-refractivity contribution < 1.29 is 27.4 Å². The van der Waals surface area contributed by atoms with Crippen molar-refractivity contribution in [1.82, 2.24) is 9.62 Å². The molecule has 0 amide bonds. The highest BCUT2D eigenvalue weighted by Crippen LogP contribution is 2.23. The lowest BCUT2D eigenvalue weighted by molar-refractivity contribution is -0.0602. The van der Waals surface area contributed by atoms with E-state index in [-0.39, 0.29) is 19.3 Å². The Morgan fingerprint density at radius 1 is 1.21 bits per heavy atom. The fraction of sp³-hybridized carbons (Fsp3) is 0.950. The number of carbonyl (C=O) groups is 1. The van der Waals surface area contributed by atoms with Crippen molar-refractivity contribution in [2.75, 3.05) is 39.1 Å². The van der Waals surface area contributed by atoms with Crippen molar-refractivity contribution in [3.8, 4) is 0 Å². The number of nitrogens with one attached hydrogen (secondary N) is 1. The molecule has 0 bridgehead atoms. The van der Waals surface area contributed by atoms with Crippen LogP contribution in [0.4, 0.5) is 4.79 Å². The van der Waals surface area contributed by atoms with Crippen molar-refractivity contribution in [1.29, 1.82) is 0 Å². The molecule has 8 nitrogen and oxygen atoms in total. The SMILES string of the molecule is CC[C@H](C)O[C@H](COC(=O)OCC1CCNCC1)CN(C(C)(C)CC)S(C)(=O)=O. The van der Waals surface area contributed by atoms with Crippen LogP contribution in [0.15, 0.2) is 0 Å². The molecule has 29 heavy (non-hydrogen) atoms. The van der Waals surface area contributed by atoms with E-state index in [0.29, 0.717) is 18.9 Å². The van der Waals surface area contributed by atoms with E-state index in [1.165, 1.54) is 10.6 Å².